The summed E-state index contributed by atoms with van der Waals surface area (Å²) in [5, 5.41) is 35.9. The molecule has 1 saturated heterocycles. The fraction of sp³-hybridized carbons (Fsp3) is 0.182. The van der Waals surface area contributed by atoms with E-state index in [4.69, 9.17) is 21.2 Å². The zero-order valence-corrected chi connectivity index (χ0v) is 10.7. The molecule has 0 atom stereocenters. The van der Waals surface area contributed by atoms with Gasteiger partial charge >= 0.3 is 0 Å². The van der Waals surface area contributed by atoms with E-state index in [0.29, 0.717) is 11.0 Å². The van der Waals surface area contributed by atoms with Gasteiger partial charge in [0.2, 0.25) is 0 Å². The summed E-state index contributed by atoms with van der Waals surface area (Å²) in [5.74, 6) is -1.01. The highest BCUT2D eigenvalue weighted by molar-refractivity contribution is 6.00. The molecule has 10 nitrogen and oxygen atoms in total. The zero-order valence-electron chi connectivity index (χ0n) is 10.7. The summed E-state index contributed by atoms with van der Waals surface area (Å²) >= 11 is 0. The van der Waals surface area contributed by atoms with Crippen molar-refractivity contribution in [3.63, 3.8) is 0 Å². The summed E-state index contributed by atoms with van der Waals surface area (Å²) < 4.78 is 0. The Morgan fingerprint density at radius 3 is 2.05 bits per heavy atom. The molecule has 0 unspecified atom stereocenters. The van der Waals surface area contributed by atoms with Crippen LogP contribution in [-0.2, 0) is 9.59 Å². The maximum absolute atomic E-state index is 10.2. The Hall–Kier alpha value is -3.10. The Kier molecular flexibility index (Phi) is 5.68. The fourth-order valence-electron chi connectivity index (χ4n) is 1.42. The Balaban J connectivity index is 0.000000181. The number of carbonyl (C=O) groups is 2. The number of carbonyl (C=O) groups excluding carboxylic acids is 2. The predicted molar refractivity (Wildman–Crippen MR) is 68.0 cm³/mol. The average molecular weight is 292 g/mol. The van der Waals surface area contributed by atoms with E-state index in [2.05, 4.69) is 10.3 Å². The molecule has 4 N–H and O–H groups in total. The number of nitrogens with zero attached hydrogens (tertiary/aromatic N) is 4. The normalized spacial score (nSPS) is 13.1. The summed E-state index contributed by atoms with van der Waals surface area (Å²) in [6, 6.07) is 8.44. The molecule has 2 aromatic rings. The van der Waals surface area contributed by atoms with Gasteiger partial charge in [0, 0.05) is 12.8 Å². The molecule has 10 heteroatoms. The van der Waals surface area contributed by atoms with Crippen LogP contribution >= 0.6 is 0 Å². The predicted octanol–water partition coefficient (Wildman–Crippen LogP) is 0.511. The number of rotatable bonds is 0. The Bertz CT molecular complexity index is 660. The minimum atomic E-state index is -0.505. The van der Waals surface area contributed by atoms with E-state index in [9.17, 15) is 9.59 Å². The van der Waals surface area contributed by atoms with E-state index < -0.39 is 11.8 Å². The number of hydrogen-bond acceptors (Lipinski definition) is 8. The van der Waals surface area contributed by atoms with Crippen LogP contribution in [0.3, 0.4) is 0 Å². The molecule has 1 aromatic carbocycles. The lowest BCUT2D eigenvalue weighted by atomic mass is 10.3. The third-order valence-electron chi connectivity index (χ3n) is 2.36. The van der Waals surface area contributed by atoms with E-state index >= 15 is 0 Å². The summed E-state index contributed by atoms with van der Waals surface area (Å²) in [6.07, 6.45) is 0.296. The number of hydrogen-bond donors (Lipinski definition) is 4. The van der Waals surface area contributed by atoms with E-state index in [1.807, 2.05) is 12.1 Å². The number of imide groups is 1. The molecule has 1 aliphatic rings. The van der Waals surface area contributed by atoms with Crippen molar-refractivity contribution in [2.75, 3.05) is 0 Å². The maximum Gasteiger partial charge on any atom is 0.253 e. The molecule has 3 rings (SSSR count). The second kappa shape index (κ2) is 7.48. The molecule has 1 fully saturated rings. The molecule has 2 amide bonds. The van der Waals surface area contributed by atoms with E-state index in [1.54, 1.807) is 12.1 Å². The summed E-state index contributed by atoms with van der Waals surface area (Å²) in [5.41, 5.74) is 1.33. The highest BCUT2D eigenvalue weighted by atomic mass is 16.5. The quantitative estimate of drug-likeness (QED) is 0.240. The minimum Gasteiger partial charge on any atom is -0.410 e. The third-order valence-corrected chi connectivity index (χ3v) is 2.36. The van der Waals surface area contributed by atoms with Gasteiger partial charge in [-0.25, -0.2) is 10.8 Å². The molecule has 2 heterocycles. The number of fused-ring (bicyclic) bond motifs is 1. The second-order valence-electron chi connectivity index (χ2n) is 3.69. The van der Waals surface area contributed by atoms with Crippen molar-refractivity contribution < 1.29 is 20.0 Å². The van der Waals surface area contributed by atoms with Gasteiger partial charge in [0.05, 0.1) is 6.01 Å². The van der Waals surface area contributed by atoms with Crippen LogP contribution < -0.4 is 0 Å². The zero-order chi connectivity index (χ0) is 15.8. The standard InChI is InChI=1S/C6H5N3O.C4H5NO3.CH2N2/c10-9-6-4-2-1-3-5(6)7-8-9;6-3-1-2-4(7)5(3)8;2-1-3/h1-4,10H;8H,1-2H2;2-3H. The summed E-state index contributed by atoms with van der Waals surface area (Å²) in [6.45, 7) is 0. The Morgan fingerprint density at radius 1 is 1.10 bits per heavy atom. The van der Waals surface area contributed by atoms with Gasteiger partial charge in [0.1, 0.15) is 11.0 Å². The lowest BCUT2D eigenvalue weighted by Gasteiger charge is -1.98. The van der Waals surface area contributed by atoms with Crippen LogP contribution in [0.4, 0.5) is 0 Å². The molecule has 1 aromatic heterocycles. The van der Waals surface area contributed by atoms with Crippen LogP contribution in [0.15, 0.2) is 24.3 Å². The maximum atomic E-state index is 10.2. The first-order valence-electron chi connectivity index (χ1n) is 5.64. The van der Waals surface area contributed by atoms with Gasteiger partial charge in [-0.15, -0.1) is 5.10 Å². The van der Waals surface area contributed by atoms with Gasteiger partial charge in [-0.3, -0.25) is 14.8 Å². The number of para-hydroxylation sites is 1. The van der Waals surface area contributed by atoms with E-state index in [0.717, 1.165) is 4.85 Å². The van der Waals surface area contributed by atoms with Crippen molar-refractivity contribution in [1.29, 1.82) is 10.8 Å². The van der Waals surface area contributed by atoms with Gasteiger partial charge in [0.25, 0.3) is 11.8 Å². The number of amides is 2. The average Bonchev–Trinajstić information content (AvgIpc) is 2.99. The molecular weight excluding hydrogens is 280 g/mol. The van der Waals surface area contributed by atoms with Crippen molar-refractivity contribution in [3.05, 3.63) is 24.3 Å². The van der Waals surface area contributed by atoms with Crippen LogP contribution in [0.2, 0.25) is 0 Å². The van der Waals surface area contributed by atoms with Gasteiger partial charge in [-0.05, 0) is 17.3 Å². The molecule has 0 radical (unpaired) electrons. The van der Waals surface area contributed by atoms with E-state index in [-0.39, 0.29) is 17.9 Å². The minimum absolute atomic E-state index is 0.148. The summed E-state index contributed by atoms with van der Waals surface area (Å²) in [4.78, 5) is 21.2. The smallest absolute Gasteiger partial charge is 0.253 e. The first-order chi connectivity index (χ1) is 10.0. The number of aromatic nitrogens is 3. The topological polar surface area (TPSA) is 156 Å². The Labute approximate surface area is 118 Å². The highest BCUT2D eigenvalue weighted by Crippen LogP contribution is 2.07. The SMILES string of the molecule is N=C=N.O=C1CCC(=O)N1O.On1nnc2ccccc21. The number of hydroxylamine groups is 2. The lowest BCUT2D eigenvalue weighted by molar-refractivity contribution is -0.171. The van der Waals surface area contributed by atoms with Crippen LogP contribution in [0.1, 0.15) is 12.8 Å². The first kappa shape index (κ1) is 16.0. The van der Waals surface area contributed by atoms with E-state index in [1.165, 1.54) is 6.01 Å². The monoisotopic (exact) mass is 292 g/mol. The van der Waals surface area contributed by atoms with Crippen molar-refractivity contribution in [2.24, 2.45) is 0 Å². The lowest BCUT2D eigenvalue weighted by Crippen LogP contribution is -2.24. The Morgan fingerprint density at radius 2 is 1.62 bits per heavy atom. The van der Waals surface area contributed by atoms with Crippen LogP contribution in [-0.4, -0.2) is 48.5 Å². The molecule has 21 heavy (non-hydrogen) atoms. The molecule has 1 aliphatic heterocycles. The third kappa shape index (κ3) is 4.20. The van der Waals surface area contributed by atoms with Gasteiger partial charge in [-0.1, -0.05) is 17.0 Å². The van der Waals surface area contributed by atoms with Crippen molar-refractivity contribution in [3.8, 4) is 0 Å². The number of benzene rings is 1. The van der Waals surface area contributed by atoms with Crippen LogP contribution in [0, 0.1) is 10.8 Å². The fourth-order valence-corrected chi connectivity index (χ4v) is 1.42. The first-order valence-corrected chi connectivity index (χ1v) is 5.64. The molecule has 0 spiro atoms. The second-order valence-corrected chi connectivity index (χ2v) is 3.69. The van der Waals surface area contributed by atoms with Crippen LogP contribution in [0.5, 0.6) is 0 Å². The van der Waals surface area contributed by atoms with Gasteiger partial charge < -0.3 is 5.21 Å². The number of nitrogens with one attached hydrogen (secondary N) is 2. The molecule has 110 valence electrons. The largest absolute Gasteiger partial charge is 0.410 e. The van der Waals surface area contributed by atoms with Gasteiger partial charge in [0.15, 0.2) is 0 Å². The van der Waals surface area contributed by atoms with Crippen molar-refractivity contribution in [2.45, 2.75) is 12.8 Å². The van der Waals surface area contributed by atoms with Crippen molar-refractivity contribution in [1.82, 2.24) is 20.2 Å². The van der Waals surface area contributed by atoms with Gasteiger partial charge in [-0.2, -0.15) is 5.06 Å². The highest BCUT2D eigenvalue weighted by Gasteiger charge is 2.26. The van der Waals surface area contributed by atoms with Crippen molar-refractivity contribution >= 4 is 28.9 Å². The summed E-state index contributed by atoms with van der Waals surface area (Å²) in [7, 11) is 0. The molecule has 0 aliphatic carbocycles. The molecule has 0 bridgehead atoms. The van der Waals surface area contributed by atoms with Crippen LogP contribution in [0.25, 0.3) is 11.0 Å². The molecular formula is C11H12N6O4. The molecule has 0 saturated carbocycles.